The maximum atomic E-state index is 6.16. The average Bonchev–Trinajstić information content (AvgIpc) is 2.81. The number of nitrogen functional groups attached to an aromatic ring is 1. The van der Waals surface area contributed by atoms with Crippen molar-refractivity contribution in [1.29, 1.82) is 0 Å². The highest BCUT2D eigenvalue weighted by Gasteiger charge is 2.07. The van der Waals surface area contributed by atoms with Crippen molar-refractivity contribution in [3.8, 4) is 0 Å². The summed E-state index contributed by atoms with van der Waals surface area (Å²) in [6, 6.07) is 11.3. The van der Waals surface area contributed by atoms with Gasteiger partial charge in [0.2, 0.25) is 0 Å². The van der Waals surface area contributed by atoms with Crippen molar-refractivity contribution in [3.63, 3.8) is 0 Å². The standard InChI is InChI=1S/C14H10Cl2N2S2/c15-9-1-3-11(16)8(5-9)7-19-14-18-12-4-2-10(17)6-13(12)20-14/h1-6H,7,17H2. The molecule has 3 rings (SSSR count). The predicted molar refractivity (Wildman–Crippen MR) is 90.1 cm³/mol. The molecule has 0 radical (unpaired) electrons. The summed E-state index contributed by atoms with van der Waals surface area (Å²) in [5, 5.41) is 1.43. The van der Waals surface area contributed by atoms with Crippen LogP contribution in [0.4, 0.5) is 5.69 Å². The molecule has 0 aliphatic rings. The first kappa shape index (κ1) is 14.0. The summed E-state index contributed by atoms with van der Waals surface area (Å²) in [4.78, 5) is 4.57. The van der Waals surface area contributed by atoms with E-state index in [-0.39, 0.29) is 0 Å². The SMILES string of the molecule is Nc1ccc2nc(SCc3cc(Cl)ccc3Cl)sc2c1. The van der Waals surface area contributed by atoms with Gasteiger partial charge in [-0.25, -0.2) is 4.98 Å². The Hall–Kier alpha value is -0.940. The maximum absolute atomic E-state index is 6.16. The number of thioether (sulfide) groups is 1. The van der Waals surface area contributed by atoms with Crippen molar-refractivity contribution in [1.82, 2.24) is 4.98 Å². The minimum absolute atomic E-state index is 0.696. The van der Waals surface area contributed by atoms with Crippen molar-refractivity contribution in [2.24, 2.45) is 0 Å². The molecular formula is C14H10Cl2N2S2. The van der Waals surface area contributed by atoms with Gasteiger partial charge >= 0.3 is 0 Å². The number of aromatic nitrogens is 1. The van der Waals surface area contributed by atoms with Gasteiger partial charge in [-0.15, -0.1) is 11.3 Å². The van der Waals surface area contributed by atoms with Gasteiger partial charge in [-0.3, -0.25) is 0 Å². The highest BCUT2D eigenvalue weighted by Crippen LogP contribution is 2.34. The lowest BCUT2D eigenvalue weighted by atomic mass is 10.2. The van der Waals surface area contributed by atoms with Gasteiger partial charge in [0.05, 0.1) is 10.2 Å². The third kappa shape index (κ3) is 3.04. The molecule has 0 bridgehead atoms. The van der Waals surface area contributed by atoms with Crippen LogP contribution in [0.3, 0.4) is 0 Å². The molecule has 0 spiro atoms. The summed E-state index contributed by atoms with van der Waals surface area (Å²) in [7, 11) is 0. The van der Waals surface area contributed by atoms with E-state index in [1.165, 1.54) is 0 Å². The molecule has 0 fully saturated rings. The van der Waals surface area contributed by atoms with Gasteiger partial charge in [-0.1, -0.05) is 35.0 Å². The van der Waals surface area contributed by atoms with Gasteiger partial charge < -0.3 is 5.73 Å². The second kappa shape index (κ2) is 5.82. The van der Waals surface area contributed by atoms with Crippen LogP contribution in [0.15, 0.2) is 40.7 Å². The molecule has 3 aromatic rings. The van der Waals surface area contributed by atoms with Crippen molar-refractivity contribution in [2.75, 3.05) is 5.73 Å². The van der Waals surface area contributed by atoms with Crippen LogP contribution in [0.1, 0.15) is 5.56 Å². The van der Waals surface area contributed by atoms with Gasteiger partial charge in [0.25, 0.3) is 0 Å². The Bertz CT molecular complexity index is 771. The summed E-state index contributed by atoms with van der Waals surface area (Å²) in [5.41, 5.74) is 8.53. The van der Waals surface area contributed by atoms with Gasteiger partial charge in [-0.2, -0.15) is 0 Å². The Morgan fingerprint density at radius 2 is 2.00 bits per heavy atom. The number of hydrogen-bond donors (Lipinski definition) is 1. The predicted octanol–water partition coefficient (Wildman–Crippen LogP) is 5.48. The summed E-state index contributed by atoms with van der Waals surface area (Å²) in [5.74, 6) is 0.745. The largest absolute Gasteiger partial charge is 0.399 e. The molecule has 0 saturated heterocycles. The van der Waals surface area contributed by atoms with E-state index in [2.05, 4.69) is 4.98 Å². The number of nitrogens with two attached hydrogens (primary N) is 1. The average molecular weight is 341 g/mol. The van der Waals surface area contributed by atoms with E-state index in [1.807, 2.05) is 30.3 Å². The maximum Gasteiger partial charge on any atom is 0.151 e. The van der Waals surface area contributed by atoms with E-state index in [0.717, 1.165) is 36.6 Å². The van der Waals surface area contributed by atoms with E-state index in [4.69, 9.17) is 28.9 Å². The molecule has 2 N–H and O–H groups in total. The first-order valence-electron chi connectivity index (χ1n) is 5.84. The van der Waals surface area contributed by atoms with E-state index in [9.17, 15) is 0 Å². The Morgan fingerprint density at radius 3 is 2.85 bits per heavy atom. The molecule has 102 valence electrons. The second-order valence-corrected chi connectivity index (χ2v) is 7.33. The fourth-order valence-electron chi connectivity index (χ4n) is 1.78. The summed E-state index contributed by atoms with van der Waals surface area (Å²) in [6.07, 6.45) is 0. The number of benzene rings is 2. The van der Waals surface area contributed by atoms with E-state index in [1.54, 1.807) is 29.2 Å². The first-order chi connectivity index (χ1) is 9.61. The molecule has 0 unspecified atom stereocenters. The quantitative estimate of drug-likeness (QED) is 0.507. The monoisotopic (exact) mass is 340 g/mol. The molecule has 1 aromatic heterocycles. The van der Waals surface area contributed by atoms with Gasteiger partial charge in [0, 0.05) is 21.5 Å². The molecule has 20 heavy (non-hydrogen) atoms. The van der Waals surface area contributed by atoms with Crippen LogP contribution < -0.4 is 5.73 Å². The van der Waals surface area contributed by atoms with E-state index >= 15 is 0 Å². The Kier molecular flexibility index (Phi) is 4.08. The minimum atomic E-state index is 0.696. The van der Waals surface area contributed by atoms with Crippen LogP contribution in [0, 0.1) is 0 Å². The number of fused-ring (bicyclic) bond motifs is 1. The number of halogens is 2. The van der Waals surface area contributed by atoms with E-state index in [0.29, 0.717) is 5.02 Å². The van der Waals surface area contributed by atoms with Crippen molar-refractivity contribution in [3.05, 3.63) is 52.0 Å². The van der Waals surface area contributed by atoms with Crippen molar-refractivity contribution >= 4 is 62.2 Å². The molecule has 0 aliphatic carbocycles. The van der Waals surface area contributed by atoms with Crippen LogP contribution in [0.2, 0.25) is 10.0 Å². The number of hydrogen-bond acceptors (Lipinski definition) is 4. The highest BCUT2D eigenvalue weighted by atomic mass is 35.5. The smallest absolute Gasteiger partial charge is 0.151 e. The van der Waals surface area contributed by atoms with Crippen LogP contribution >= 0.6 is 46.3 Å². The number of thiazole rings is 1. The Labute approximate surface area is 134 Å². The molecule has 2 aromatic carbocycles. The minimum Gasteiger partial charge on any atom is -0.399 e. The summed E-state index contributed by atoms with van der Waals surface area (Å²) >= 11 is 15.4. The molecule has 2 nitrogen and oxygen atoms in total. The topological polar surface area (TPSA) is 38.9 Å². The first-order valence-corrected chi connectivity index (χ1v) is 8.40. The van der Waals surface area contributed by atoms with E-state index < -0.39 is 0 Å². The summed E-state index contributed by atoms with van der Waals surface area (Å²) in [6.45, 7) is 0. The highest BCUT2D eigenvalue weighted by molar-refractivity contribution is 8.00. The van der Waals surface area contributed by atoms with Crippen LogP contribution in [0.5, 0.6) is 0 Å². The van der Waals surface area contributed by atoms with Gasteiger partial charge in [-0.05, 0) is 42.0 Å². The zero-order valence-electron chi connectivity index (χ0n) is 10.3. The number of anilines is 1. The van der Waals surface area contributed by atoms with Crippen LogP contribution in [-0.2, 0) is 5.75 Å². The Balaban J connectivity index is 1.81. The van der Waals surface area contributed by atoms with Crippen molar-refractivity contribution < 1.29 is 0 Å². The lowest BCUT2D eigenvalue weighted by Gasteiger charge is -2.02. The lowest BCUT2D eigenvalue weighted by molar-refractivity contribution is 1.29. The fraction of sp³-hybridized carbons (Fsp3) is 0.0714. The zero-order valence-corrected chi connectivity index (χ0v) is 13.4. The molecule has 0 aliphatic heterocycles. The van der Waals surface area contributed by atoms with Gasteiger partial charge in [0.1, 0.15) is 0 Å². The number of nitrogens with zero attached hydrogens (tertiary/aromatic N) is 1. The second-order valence-electron chi connectivity index (χ2n) is 4.23. The fourth-order valence-corrected chi connectivity index (χ4v) is 4.34. The summed E-state index contributed by atoms with van der Waals surface area (Å²) < 4.78 is 2.10. The zero-order chi connectivity index (χ0) is 14.1. The molecule has 0 atom stereocenters. The molecule has 6 heteroatoms. The molecule has 1 heterocycles. The molecule has 0 saturated carbocycles. The van der Waals surface area contributed by atoms with Gasteiger partial charge in [0.15, 0.2) is 4.34 Å². The normalized spacial score (nSPS) is 11.1. The lowest BCUT2D eigenvalue weighted by Crippen LogP contribution is -1.82. The molecule has 0 amide bonds. The third-order valence-corrected chi connectivity index (χ3v) is 5.57. The van der Waals surface area contributed by atoms with Crippen molar-refractivity contribution in [2.45, 2.75) is 10.1 Å². The third-order valence-electron chi connectivity index (χ3n) is 2.75. The van der Waals surface area contributed by atoms with Crippen LogP contribution in [-0.4, -0.2) is 4.98 Å². The van der Waals surface area contributed by atoms with Crippen LogP contribution in [0.25, 0.3) is 10.2 Å². The molecular weight excluding hydrogens is 331 g/mol. The Morgan fingerprint density at radius 1 is 1.15 bits per heavy atom. The number of rotatable bonds is 3.